The fraction of sp³-hybridized carbons (Fsp3) is 0.400. The fourth-order valence-corrected chi connectivity index (χ4v) is 2.59. The molecule has 2 heterocycles. The Morgan fingerprint density at radius 1 is 1.43 bits per heavy atom. The zero-order valence-electron chi connectivity index (χ0n) is 12.0. The van der Waals surface area contributed by atoms with E-state index in [0.29, 0.717) is 30.8 Å². The smallest absolute Gasteiger partial charge is 0.256 e. The van der Waals surface area contributed by atoms with Gasteiger partial charge < -0.3 is 15.0 Å². The van der Waals surface area contributed by atoms with Crippen molar-refractivity contribution in [3.63, 3.8) is 0 Å². The number of benzene rings is 1. The number of amides is 1. The predicted molar refractivity (Wildman–Crippen MR) is 79.1 cm³/mol. The van der Waals surface area contributed by atoms with Crippen molar-refractivity contribution in [2.75, 3.05) is 33.3 Å². The van der Waals surface area contributed by atoms with Crippen molar-refractivity contribution in [1.82, 2.24) is 20.2 Å². The van der Waals surface area contributed by atoms with Crippen LogP contribution in [-0.4, -0.2) is 60.2 Å². The monoisotopic (exact) mass is 286 g/mol. The number of fused-ring (bicyclic) bond motifs is 1. The summed E-state index contributed by atoms with van der Waals surface area (Å²) in [7, 11) is 1.88. The van der Waals surface area contributed by atoms with Gasteiger partial charge in [-0.15, -0.1) is 0 Å². The lowest BCUT2D eigenvalue weighted by atomic mass is 10.1. The van der Waals surface area contributed by atoms with Crippen LogP contribution in [0, 0.1) is 0 Å². The predicted octanol–water partition coefficient (Wildman–Crippen LogP) is 0.690. The third-order valence-corrected chi connectivity index (χ3v) is 3.59. The van der Waals surface area contributed by atoms with Crippen LogP contribution in [-0.2, 0) is 4.74 Å². The average Bonchev–Trinajstić information content (AvgIpc) is 2.54. The van der Waals surface area contributed by atoms with Crippen LogP contribution in [0.1, 0.15) is 10.4 Å². The molecule has 6 heteroatoms. The second-order valence-electron chi connectivity index (χ2n) is 5.03. The van der Waals surface area contributed by atoms with Crippen molar-refractivity contribution < 1.29 is 9.53 Å². The molecule has 1 aromatic heterocycles. The van der Waals surface area contributed by atoms with Crippen LogP contribution in [0.25, 0.3) is 11.0 Å². The molecular formula is C15H18N4O2. The Morgan fingerprint density at radius 2 is 2.29 bits per heavy atom. The molecule has 1 N–H and O–H groups in total. The summed E-state index contributed by atoms with van der Waals surface area (Å²) in [6, 6.07) is 5.51. The van der Waals surface area contributed by atoms with Gasteiger partial charge in [0.05, 0.1) is 23.8 Å². The first-order chi connectivity index (χ1) is 10.3. The van der Waals surface area contributed by atoms with Gasteiger partial charge in [0, 0.05) is 32.0 Å². The molecule has 1 atom stereocenters. The highest BCUT2D eigenvalue weighted by Gasteiger charge is 2.25. The van der Waals surface area contributed by atoms with Gasteiger partial charge in [-0.25, -0.2) is 0 Å². The minimum absolute atomic E-state index is 0.00879. The number of likely N-dealkylation sites (N-methyl/N-ethyl adjacent to an activating group) is 1. The third kappa shape index (κ3) is 2.86. The van der Waals surface area contributed by atoms with Crippen molar-refractivity contribution in [3.8, 4) is 0 Å². The topological polar surface area (TPSA) is 67.4 Å². The van der Waals surface area contributed by atoms with Crippen LogP contribution in [0.15, 0.2) is 30.6 Å². The summed E-state index contributed by atoms with van der Waals surface area (Å²) in [4.78, 5) is 23.1. The first-order valence-corrected chi connectivity index (χ1v) is 7.05. The maximum absolute atomic E-state index is 12.7. The van der Waals surface area contributed by atoms with Crippen molar-refractivity contribution in [2.45, 2.75) is 6.10 Å². The number of hydrogen-bond donors (Lipinski definition) is 1. The molecule has 1 fully saturated rings. The molecular weight excluding hydrogens is 268 g/mol. The van der Waals surface area contributed by atoms with E-state index in [1.807, 2.05) is 30.1 Å². The number of hydrogen-bond acceptors (Lipinski definition) is 5. The number of para-hydroxylation sites is 1. The van der Waals surface area contributed by atoms with E-state index in [-0.39, 0.29) is 12.0 Å². The molecule has 1 unspecified atom stereocenters. The number of rotatable bonds is 3. The normalized spacial score (nSPS) is 18.9. The summed E-state index contributed by atoms with van der Waals surface area (Å²) in [5, 5.41) is 3.08. The average molecular weight is 286 g/mol. The molecule has 3 rings (SSSR count). The van der Waals surface area contributed by atoms with Gasteiger partial charge in [0.1, 0.15) is 5.52 Å². The highest BCUT2D eigenvalue weighted by molar-refractivity contribution is 6.04. The Morgan fingerprint density at radius 3 is 3.14 bits per heavy atom. The molecule has 1 aliphatic rings. The minimum Gasteiger partial charge on any atom is -0.373 e. The highest BCUT2D eigenvalue weighted by atomic mass is 16.5. The van der Waals surface area contributed by atoms with E-state index < -0.39 is 0 Å². The Kier molecular flexibility index (Phi) is 4.08. The lowest BCUT2D eigenvalue weighted by molar-refractivity contribution is -0.0195. The van der Waals surface area contributed by atoms with Crippen LogP contribution >= 0.6 is 0 Å². The Hall–Kier alpha value is -2.05. The number of ether oxygens (including phenoxy) is 1. The Labute approximate surface area is 123 Å². The van der Waals surface area contributed by atoms with Crippen LogP contribution in [0.3, 0.4) is 0 Å². The second-order valence-corrected chi connectivity index (χ2v) is 5.03. The minimum atomic E-state index is -0.00879. The zero-order chi connectivity index (χ0) is 14.7. The largest absolute Gasteiger partial charge is 0.373 e. The van der Waals surface area contributed by atoms with Crippen molar-refractivity contribution in [3.05, 3.63) is 36.2 Å². The van der Waals surface area contributed by atoms with Crippen molar-refractivity contribution in [1.29, 1.82) is 0 Å². The molecule has 0 saturated carbocycles. The van der Waals surface area contributed by atoms with E-state index in [9.17, 15) is 4.79 Å². The van der Waals surface area contributed by atoms with Crippen LogP contribution in [0.5, 0.6) is 0 Å². The molecule has 1 aliphatic heterocycles. The maximum atomic E-state index is 12.7. The van der Waals surface area contributed by atoms with Crippen LogP contribution in [0.2, 0.25) is 0 Å². The van der Waals surface area contributed by atoms with Crippen LogP contribution < -0.4 is 5.32 Å². The molecule has 6 nitrogen and oxygen atoms in total. The first kappa shape index (κ1) is 13.9. The molecule has 1 saturated heterocycles. The summed E-state index contributed by atoms with van der Waals surface area (Å²) in [6.45, 7) is 2.50. The number of carbonyl (C=O) groups excluding carboxylic acids is 1. The van der Waals surface area contributed by atoms with Gasteiger partial charge in [0.15, 0.2) is 0 Å². The molecule has 0 spiro atoms. The van der Waals surface area contributed by atoms with Crippen molar-refractivity contribution in [2.24, 2.45) is 0 Å². The molecule has 0 radical (unpaired) electrons. The third-order valence-electron chi connectivity index (χ3n) is 3.59. The quantitative estimate of drug-likeness (QED) is 0.899. The van der Waals surface area contributed by atoms with Gasteiger partial charge in [0.2, 0.25) is 0 Å². The van der Waals surface area contributed by atoms with Crippen LogP contribution in [0.4, 0.5) is 0 Å². The maximum Gasteiger partial charge on any atom is 0.256 e. The highest BCUT2D eigenvalue weighted by Crippen LogP contribution is 2.17. The Bertz CT molecular complexity index is 639. The molecule has 2 aromatic rings. The van der Waals surface area contributed by atoms with Gasteiger partial charge in [-0.2, -0.15) is 0 Å². The van der Waals surface area contributed by atoms with Gasteiger partial charge >= 0.3 is 0 Å². The number of aromatic nitrogens is 2. The molecule has 1 amide bonds. The van der Waals surface area contributed by atoms with Gasteiger partial charge in [0.25, 0.3) is 5.91 Å². The molecule has 110 valence electrons. The number of nitrogens with one attached hydrogen (secondary N) is 1. The summed E-state index contributed by atoms with van der Waals surface area (Å²) >= 11 is 0. The summed E-state index contributed by atoms with van der Waals surface area (Å²) < 4.78 is 5.64. The van der Waals surface area contributed by atoms with Gasteiger partial charge in [-0.1, -0.05) is 6.07 Å². The van der Waals surface area contributed by atoms with E-state index in [1.54, 1.807) is 12.4 Å². The first-order valence-electron chi connectivity index (χ1n) is 7.05. The molecule has 1 aromatic carbocycles. The summed E-state index contributed by atoms with van der Waals surface area (Å²) in [6.07, 6.45) is 3.28. The van der Waals surface area contributed by atoms with E-state index in [4.69, 9.17) is 4.74 Å². The van der Waals surface area contributed by atoms with E-state index >= 15 is 0 Å². The lowest BCUT2D eigenvalue weighted by Gasteiger charge is -2.33. The summed E-state index contributed by atoms with van der Waals surface area (Å²) in [5.41, 5.74) is 2.00. The number of carbonyl (C=O) groups is 1. The molecule has 21 heavy (non-hydrogen) atoms. The molecule has 0 aliphatic carbocycles. The van der Waals surface area contributed by atoms with Crippen molar-refractivity contribution >= 4 is 16.9 Å². The zero-order valence-corrected chi connectivity index (χ0v) is 12.0. The Balaban J connectivity index is 1.86. The fourth-order valence-electron chi connectivity index (χ4n) is 2.59. The standard InChI is InChI=1S/C15H18N4O2/c1-16-9-11-10-19(7-8-21-11)15(20)12-3-2-4-13-14(12)18-6-5-17-13/h2-6,11,16H,7-10H2,1H3. The molecule has 0 bridgehead atoms. The number of morpholine rings is 1. The summed E-state index contributed by atoms with van der Waals surface area (Å²) in [5.74, 6) is -0.00879. The second kappa shape index (κ2) is 6.15. The van der Waals surface area contributed by atoms with E-state index in [1.165, 1.54) is 0 Å². The van der Waals surface area contributed by atoms with Gasteiger partial charge in [-0.3, -0.25) is 14.8 Å². The van der Waals surface area contributed by atoms with E-state index in [2.05, 4.69) is 15.3 Å². The van der Waals surface area contributed by atoms with Gasteiger partial charge in [-0.05, 0) is 19.2 Å². The SMILES string of the molecule is CNCC1CN(C(=O)c2cccc3nccnc23)CCO1. The number of nitrogens with zero attached hydrogens (tertiary/aromatic N) is 3. The lowest BCUT2D eigenvalue weighted by Crippen LogP contribution is -2.48. The van der Waals surface area contributed by atoms with E-state index in [0.717, 1.165) is 12.1 Å².